The van der Waals surface area contributed by atoms with Gasteiger partial charge >= 0.3 is 5.97 Å². The zero-order valence-electron chi connectivity index (χ0n) is 9.38. The van der Waals surface area contributed by atoms with Gasteiger partial charge in [0.15, 0.2) is 5.82 Å². The molecule has 0 unspecified atom stereocenters. The molecule has 1 N–H and O–H groups in total. The normalized spacial score (nSPS) is 10.6. The van der Waals surface area contributed by atoms with Crippen LogP contribution in [-0.4, -0.2) is 21.2 Å². The Morgan fingerprint density at radius 1 is 1.56 bits per heavy atom. The number of carbonyl (C=O) groups is 1. The van der Waals surface area contributed by atoms with Gasteiger partial charge in [-0.05, 0) is 25.1 Å². The highest BCUT2D eigenvalue weighted by atomic mass is 79.9. The number of hydrogen-bond acceptors (Lipinski definition) is 5. The quantitative estimate of drug-likeness (QED) is 0.869. The van der Waals surface area contributed by atoms with E-state index in [2.05, 4.69) is 26.1 Å². The molecule has 0 spiro atoms. The number of aryl methyl sites for hydroxylation is 1. The summed E-state index contributed by atoms with van der Waals surface area (Å²) < 4.78 is 5.81. The van der Waals surface area contributed by atoms with E-state index in [1.165, 1.54) is 11.8 Å². The zero-order valence-corrected chi connectivity index (χ0v) is 11.8. The van der Waals surface area contributed by atoms with E-state index < -0.39 is 5.97 Å². The summed E-state index contributed by atoms with van der Waals surface area (Å²) in [4.78, 5) is 15.8. The number of thioether (sulfide) groups is 1. The monoisotopic (exact) mass is 328 g/mol. The van der Waals surface area contributed by atoms with Crippen molar-refractivity contribution in [3.05, 3.63) is 40.0 Å². The minimum Gasteiger partial charge on any atom is -0.478 e. The summed E-state index contributed by atoms with van der Waals surface area (Å²) in [5.41, 5.74) is 0.263. The van der Waals surface area contributed by atoms with Crippen LogP contribution < -0.4 is 0 Å². The fourth-order valence-electron chi connectivity index (χ4n) is 1.33. The molecule has 0 bridgehead atoms. The Morgan fingerprint density at radius 2 is 2.33 bits per heavy atom. The lowest BCUT2D eigenvalue weighted by atomic mass is 10.2. The van der Waals surface area contributed by atoms with Gasteiger partial charge in [0.2, 0.25) is 5.89 Å². The molecule has 0 aliphatic heterocycles. The fourth-order valence-corrected chi connectivity index (χ4v) is 2.76. The van der Waals surface area contributed by atoms with Crippen LogP contribution in [0.15, 0.2) is 32.1 Å². The lowest BCUT2D eigenvalue weighted by Gasteiger charge is -2.04. The number of benzene rings is 1. The van der Waals surface area contributed by atoms with Crippen LogP contribution in [0.1, 0.15) is 22.1 Å². The average Bonchev–Trinajstić information content (AvgIpc) is 2.72. The van der Waals surface area contributed by atoms with E-state index in [0.29, 0.717) is 22.4 Å². The van der Waals surface area contributed by atoms with Gasteiger partial charge in [0.1, 0.15) is 0 Å². The smallest absolute Gasteiger partial charge is 0.336 e. The number of carboxylic acid groups (broad SMARTS) is 1. The first kappa shape index (κ1) is 13.1. The maximum absolute atomic E-state index is 11.1. The van der Waals surface area contributed by atoms with Crippen LogP contribution in [0.4, 0.5) is 0 Å². The summed E-state index contributed by atoms with van der Waals surface area (Å²) in [5.74, 6) is 0.538. The van der Waals surface area contributed by atoms with Crippen molar-refractivity contribution in [2.45, 2.75) is 17.6 Å². The van der Waals surface area contributed by atoms with Crippen LogP contribution in [0.5, 0.6) is 0 Å². The summed E-state index contributed by atoms with van der Waals surface area (Å²) in [6.07, 6.45) is 0. The number of halogens is 1. The van der Waals surface area contributed by atoms with Gasteiger partial charge in [-0.1, -0.05) is 21.1 Å². The molecule has 0 fully saturated rings. The number of hydrogen-bond donors (Lipinski definition) is 1. The number of nitrogens with zero attached hydrogens (tertiary/aromatic N) is 2. The number of aromatic nitrogens is 2. The van der Waals surface area contributed by atoms with Crippen molar-refractivity contribution in [3.63, 3.8) is 0 Å². The van der Waals surface area contributed by atoms with Gasteiger partial charge in [0.25, 0.3) is 0 Å². The van der Waals surface area contributed by atoms with Crippen molar-refractivity contribution < 1.29 is 14.4 Å². The molecule has 1 heterocycles. The van der Waals surface area contributed by atoms with Crippen molar-refractivity contribution in [2.75, 3.05) is 0 Å². The first-order chi connectivity index (χ1) is 8.56. The van der Waals surface area contributed by atoms with Crippen LogP contribution in [0.25, 0.3) is 0 Å². The minimum atomic E-state index is -0.952. The van der Waals surface area contributed by atoms with Crippen molar-refractivity contribution in [1.29, 1.82) is 0 Å². The Labute approximate surface area is 116 Å². The molecule has 0 radical (unpaired) electrons. The molecule has 0 saturated carbocycles. The molecule has 94 valence electrons. The topological polar surface area (TPSA) is 76.2 Å². The van der Waals surface area contributed by atoms with Crippen molar-refractivity contribution >= 4 is 33.7 Å². The Hall–Kier alpha value is -1.34. The first-order valence-corrected chi connectivity index (χ1v) is 6.79. The molecule has 7 heteroatoms. The van der Waals surface area contributed by atoms with Crippen LogP contribution in [-0.2, 0) is 5.75 Å². The Morgan fingerprint density at radius 3 is 2.94 bits per heavy atom. The molecular formula is C11H9BrN2O3S. The largest absolute Gasteiger partial charge is 0.478 e. The van der Waals surface area contributed by atoms with Gasteiger partial charge in [-0.2, -0.15) is 4.98 Å². The van der Waals surface area contributed by atoms with E-state index in [4.69, 9.17) is 9.63 Å². The minimum absolute atomic E-state index is 0.263. The second-order valence-electron chi connectivity index (χ2n) is 3.47. The lowest BCUT2D eigenvalue weighted by molar-refractivity contribution is 0.0693. The van der Waals surface area contributed by atoms with Crippen molar-refractivity contribution in [3.8, 4) is 0 Å². The van der Waals surface area contributed by atoms with Gasteiger partial charge in [-0.25, -0.2) is 4.79 Å². The summed E-state index contributed by atoms with van der Waals surface area (Å²) in [6, 6.07) is 5.02. The Balaban J connectivity index is 2.17. The second kappa shape index (κ2) is 5.53. The molecule has 0 saturated heterocycles. The third kappa shape index (κ3) is 3.11. The standard InChI is InChI=1S/C11H9BrN2O3S/c1-6-13-10(17-14-6)5-18-9-4-7(12)2-3-8(9)11(15)16/h2-4H,5H2,1H3,(H,15,16). The molecule has 0 aliphatic carbocycles. The highest BCUT2D eigenvalue weighted by molar-refractivity contribution is 9.10. The molecule has 1 aromatic carbocycles. The molecule has 0 aliphatic rings. The molecule has 2 aromatic rings. The van der Waals surface area contributed by atoms with E-state index in [1.807, 2.05) is 0 Å². The Kier molecular flexibility index (Phi) is 4.03. The molecule has 0 amide bonds. The van der Waals surface area contributed by atoms with E-state index in [1.54, 1.807) is 25.1 Å². The molecule has 2 rings (SSSR count). The third-order valence-electron chi connectivity index (χ3n) is 2.09. The van der Waals surface area contributed by atoms with Crippen molar-refractivity contribution in [2.24, 2.45) is 0 Å². The predicted octanol–water partition coefficient (Wildman–Crippen LogP) is 3.13. The summed E-state index contributed by atoms with van der Waals surface area (Å²) >= 11 is 4.67. The van der Waals surface area contributed by atoms with E-state index in [0.717, 1.165) is 4.47 Å². The van der Waals surface area contributed by atoms with E-state index >= 15 is 0 Å². The maximum atomic E-state index is 11.1. The Bertz CT molecular complexity index is 585. The van der Waals surface area contributed by atoms with Gasteiger partial charge in [0, 0.05) is 9.37 Å². The van der Waals surface area contributed by atoms with E-state index in [-0.39, 0.29) is 5.56 Å². The van der Waals surface area contributed by atoms with Gasteiger partial charge in [-0.15, -0.1) is 11.8 Å². The van der Waals surface area contributed by atoms with Gasteiger partial charge in [-0.3, -0.25) is 0 Å². The molecule has 18 heavy (non-hydrogen) atoms. The summed E-state index contributed by atoms with van der Waals surface area (Å²) in [7, 11) is 0. The number of aromatic carboxylic acids is 1. The van der Waals surface area contributed by atoms with Gasteiger partial charge < -0.3 is 9.63 Å². The average molecular weight is 329 g/mol. The molecule has 1 aromatic heterocycles. The van der Waals surface area contributed by atoms with Crippen LogP contribution in [0.2, 0.25) is 0 Å². The molecule has 5 nitrogen and oxygen atoms in total. The summed E-state index contributed by atoms with van der Waals surface area (Å²) in [6.45, 7) is 1.74. The van der Waals surface area contributed by atoms with Crippen LogP contribution in [0, 0.1) is 6.92 Å². The predicted molar refractivity (Wildman–Crippen MR) is 69.7 cm³/mol. The van der Waals surface area contributed by atoms with Gasteiger partial charge in [0.05, 0.1) is 11.3 Å². The van der Waals surface area contributed by atoms with Crippen LogP contribution in [0.3, 0.4) is 0 Å². The third-order valence-corrected chi connectivity index (χ3v) is 3.63. The highest BCUT2D eigenvalue weighted by Crippen LogP contribution is 2.28. The fraction of sp³-hybridized carbons (Fsp3) is 0.182. The SMILES string of the molecule is Cc1noc(CSc2cc(Br)ccc2C(=O)O)n1. The first-order valence-electron chi connectivity index (χ1n) is 5.01. The maximum Gasteiger partial charge on any atom is 0.336 e. The molecular weight excluding hydrogens is 320 g/mol. The molecule has 0 atom stereocenters. The lowest BCUT2D eigenvalue weighted by Crippen LogP contribution is -1.98. The second-order valence-corrected chi connectivity index (χ2v) is 5.40. The zero-order chi connectivity index (χ0) is 13.1. The van der Waals surface area contributed by atoms with Crippen molar-refractivity contribution in [1.82, 2.24) is 10.1 Å². The number of rotatable bonds is 4. The van der Waals surface area contributed by atoms with Crippen LogP contribution >= 0.6 is 27.7 Å². The highest BCUT2D eigenvalue weighted by Gasteiger charge is 2.12. The summed E-state index contributed by atoms with van der Waals surface area (Å²) in [5, 5.41) is 12.8. The number of carboxylic acids is 1. The van der Waals surface area contributed by atoms with E-state index in [9.17, 15) is 4.79 Å².